The molecular weight excluding hydrogens is 296 g/mol. The molecule has 8 nitrogen and oxygen atoms in total. The van der Waals surface area contributed by atoms with E-state index in [4.69, 9.17) is 5.73 Å². The van der Waals surface area contributed by atoms with Crippen LogP contribution < -0.4 is 10.5 Å². The lowest BCUT2D eigenvalue weighted by molar-refractivity contribution is -0.388. The quantitative estimate of drug-likeness (QED) is 0.627. The minimum Gasteiger partial charge on any atom is -0.384 e. The maximum atomic E-state index is 12.2. The molecule has 0 bridgehead atoms. The summed E-state index contributed by atoms with van der Waals surface area (Å²) in [5, 5.41) is 10.9. The smallest absolute Gasteiger partial charge is 0.307 e. The van der Waals surface area contributed by atoms with E-state index in [-0.39, 0.29) is 12.4 Å². The molecule has 0 aliphatic carbocycles. The molecule has 2 rings (SSSR count). The minimum atomic E-state index is -4.07. The van der Waals surface area contributed by atoms with Gasteiger partial charge >= 0.3 is 5.69 Å². The zero-order valence-corrected chi connectivity index (χ0v) is 11.6. The van der Waals surface area contributed by atoms with Crippen LogP contribution in [0.2, 0.25) is 0 Å². The fourth-order valence-electron chi connectivity index (χ4n) is 1.65. The van der Waals surface area contributed by atoms with Crippen LogP contribution in [0.4, 0.5) is 11.5 Å². The van der Waals surface area contributed by atoms with Crippen LogP contribution in [0.3, 0.4) is 0 Å². The molecule has 0 aliphatic rings. The molecule has 21 heavy (non-hydrogen) atoms. The Morgan fingerprint density at radius 3 is 2.57 bits per heavy atom. The van der Waals surface area contributed by atoms with Crippen molar-refractivity contribution in [1.82, 2.24) is 9.71 Å². The highest BCUT2D eigenvalue weighted by atomic mass is 32.2. The van der Waals surface area contributed by atoms with Crippen molar-refractivity contribution in [2.75, 3.05) is 5.73 Å². The predicted octanol–water partition coefficient (Wildman–Crippen LogP) is 1.05. The number of benzene rings is 1. The summed E-state index contributed by atoms with van der Waals surface area (Å²) in [4.78, 5) is 13.1. The average Bonchev–Trinajstić information content (AvgIpc) is 2.46. The van der Waals surface area contributed by atoms with E-state index in [9.17, 15) is 18.5 Å². The predicted molar refractivity (Wildman–Crippen MR) is 75.8 cm³/mol. The molecular formula is C12H12N4O4S. The van der Waals surface area contributed by atoms with E-state index in [0.717, 1.165) is 17.8 Å². The molecule has 9 heteroatoms. The van der Waals surface area contributed by atoms with Crippen LogP contribution in [-0.4, -0.2) is 18.3 Å². The Morgan fingerprint density at radius 1 is 1.29 bits per heavy atom. The van der Waals surface area contributed by atoms with E-state index >= 15 is 0 Å². The van der Waals surface area contributed by atoms with E-state index in [2.05, 4.69) is 9.71 Å². The highest BCUT2D eigenvalue weighted by molar-refractivity contribution is 7.89. The topological polar surface area (TPSA) is 128 Å². The van der Waals surface area contributed by atoms with Gasteiger partial charge in [-0.2, -0.15) is 0 Å². The number of rotatable bonds is 5. The van der Waals surface area contributed by atoms with E-state index in [1.165, 1.54) is 0 Å². The number of nitro groups is 1. The SMILES string of the molecule is Nc1cc(S(=O)(=O)NCc2ccccc2)c([N+](=O)[O-])cn1. The molecule has 2 aromatic rings. The molecule has 0 saturated carbocycles. The van der Waals surface area contributed by atoms with Gasteiger partial charge in [-0.1, -0.05) is 30.3 Å². The zero-order valence-electron chi connectivity index (χ0n) is 10.8. The second-order valence-electron chi connectivity index (χ2n) is 4.14. The Hall–Kier alpha value is -2.52. The molecule has 3 N–H and O–H groups in total. The van der Waals surface area contributed by atoms with Crippen LogP contribution in [-0.2, 0) is 16.6 Å². The van der Waals surface area contributed by atoms with E-state index in [0.29, 0.717) is 0 Å². The molecule has 110 valence electrons. The highest BCUT2D eigenvalue weighted by Crippen LogP contribution is 2.24. The summed E-state index contributed by atoms with van der Waals surface area (Å²) in [7, 11) is -4.07. The van der Waals surface area contributed by atoms with Gasteiger partial charge in [0.05, 0.1) is 4.92 Å². The summed E-state index contributed by atoms with van der Waals surface area (Å²) in [6.45, 7) is 0.0164. The first-order chi connectivity index (χ1) is 9.90. The van der Waals surface area contributed by atoms with Gasteiger partial charge in [0.1, 0.15) is 12.0 Å². The lowest BCUT2D eigenvalue weighted by Gasteiger charge is -2.07. The van der Waals surface area contributed by atoms with Gasteiger partial charge in [-0.3, -0.25) is 10.1 Å². The molecule has 0 fully saturated rings. The number of hydrogen-bond acceptors (Lipinski definition) is 6. The van der Waals surface area contributed by atoms with Crippen LogP contribution >= 0.6 is 0 Å². The van der Waals surface area contributed by atoms with Gasteiger partial charge in [0.15, 0.2) is 4.90 Å². The molecule has 1 heterocycles. The molecule has 0 aliphatic heterocycles. The summed E-state index contributed by atoms with van der Waals surface area (Å²) in [5.41, 5.74) is 5.51. The molecule has 1 aromatic heterocycles. The standard InChI is InChI=1S/C12H12N4O4S/c13-12-6-11(10(8-14-12)16(17)18)21(19,20)15-7-9-4-2-1-3-5-9/h1-6,8,15H,7H2,(H2,13,14). The van der Waals surface area contributed by atoms with Crippen LogP contribution in [0.1, 0.15) is 5.56 Å². The zero-order chi connectivity index (χ0) is 15.5. The van der Waals surface area contributed by atoms with Crippen molar-refractivity contribution in [2.24, 2.45) is 0 Å². The second-order valence-corrected chi connectivity index (χ2v) is 5.88. The summed E-state index contributed by atoms with van der Waals surface area (Å²) in [6, 6.07) is 9.75. The summed E-state index contributed by atoms with van der Waals surface area (Å²) in [5.74, 6) is -0.110. The number of hydrogen-bond donors (Lipinski definition) is 2. The number of pyridine rings is 1. The summed E-state index contributed by atoms with van der Waals surface area (Å²) in [6.07, 6.45) is 0.826. The Balaban J connectivity index is 2.31. The van der Waals surface area contributed by atoms with Crippen molar-refractivity contribution in [3.63, 3.8) is 0 Å². The van der Waals surface area contributed by atoms with Crippen molar-refractivity contribution in [1.29, 1.82) is 0 Å². The van der Waals surface area contributed by atoms with Crippen LogP contribution in [0.15, 0.2) is 47.5 Å². The Morgan fingerprint density at radius 2 is 1.95 bits per heavy atom. The summed E-state index contributed by atoms with van der Waals surface area (Å²) >= 11 is 0. The van der Waals surface area contributed by atoms with Gasteiger partial charge in [-0.25, -0.2) is 18.1 Å². The Bertz CT molecular complexity index is 762. The number of aromatic nitrogens is 1. The maximum absolute atomic E-state index is 12.2. The number of nitrogens with one attached hydrogen (secondary N) is 1. The Kier molecular flexibility index (Phi) is 4.15. The van der Waals surface area contributed by atoms with Gasteiger partial charge in [0.25, 0.3) is 0 Å². The first-order valence-corrected chi connectivity index (χ1v) is 7.32. The number of nitrogen functional groups attached to an aromatic ring is 1. The normalized spacial score (nSPS) is 11.2. The van der Waals surface area contributed by atoms with Crippen molar-refractivity contribution < 1.29 is 13.3 Å². The largest absolute Gasteiger partial charge is 0.384 e. The third-order valence-electron chi connectivity index (χ3n) is 2.66. The molecule has 0 radical (unpaired) electrons. The first kappa shape index (κ1) is 14.9. The fourth-order valence-corrected chi connectivity index (χ4v) is 2.84. The van der Waals surface area contributed by atoms with Gasteiger partial charge in [0, 0.05) is 12.6 Å². The van der Waals surface area contributed by atoms with Crippen molar-refractivity contribution in [2.45, 2.75) is 11.4 Å². The monoisotopic (exact) mass is 308 g/mol. The van der Waals surface area contributed by atoms with Crippen molar-refractivity contribution >= 4 is 21.5 Å². The molecule has 0 unspecified atom stereocenters. The number of sulfonamides is 1. The second kappa shape index (κ2) is 5.85. The van der Waals surface area contributed by atoms with Crippen LogP contribution in [0.5, 0.6) is 0 Å². The Labute approximate surface area is 120 Å². The van der Waals surface area contributed by atoms with Crippen molar-refractivity contribution in [3.8, 4) is 0 Å². The average molecular weight is 308 g/mol. The highest BCUT2D eigenvalue weighted by Gasteiger charge is 2.26. The molecule has 0 saturated heterocycles. The third kappa shape index (κ3) is 3.52. The van der Waals surface area contributed by atoms with Crippen LogP contribution in [0, 0.1) is 10.1 Å². The van der Waals surface area contributed by atoms with E-state index in [1.807, 2.05) is 0 Å². The molecule has 0 atom stereocenters. The number of anilines is 1. The van der Waals surface area contributed by atoms with Crippen molar-refractivity contribution in [3.05, 3.63) is 58.3 Å². The number of nitrogens with two attached hydrogens (primary N) is 1. The van der Waals surface area contributed by atoms with Gasteiger partial charge in [-0.05, 0) is 5.56 Å². The first-order valence-electron chi connectivity index (χ1n) is 5.83. The molecule has 0 amide bonds. The number of nitrogens with zero attached hydrogens (tertiary/aromatic N) is 2. The van der Waals surface area contributed by atoms with Gasteiger partial charge in [0.2, 0.25) is 10.0 Å². The lowest BCUT2D eigenvalue weighted by Crippen LogP contribution is -2.24. The van der Waals surface area contributed by atoms with E-state index < -0.39 is 25.5 Å². The van der Waals surface area contributed by atoms with Gasteiger partial charge < -0.3 is 5.73 Å². The fraction of sp³-hybridized carbons (Fsp3) is 0.0833. The van der Waals surface area contributed by atoms with Gasteiger partial charge in [-0.15, -0.1) is 0 Å². The maximum Gasteiger partial charge on any atom is 0.307 e. The minimum absolute atomic E-state index is 0.0164. The third-order valence-corrected chi connectivity index (χ3v) is 4.09. The van der Waals surface area contributed by atoms with Crippen LogP contribution in [0.25, 0.3) is 0 Å². The van der Waals surface area contributed by atoms with E-state index in [1.54, 1.807) is 30.3 Å². The summed E-state index contributed by atoms with van der Waals surface area (Å²) < 4.78 is 26.7. The molecule has 1 aromatic carbocycles. The lowest BCUT2D eigenvalue weighted by atomic mass is 10.2. The molecule has 0 spiro atoms.